The standard InChI is InChI=1S/C19H23N7OS/c27-19-5-4-17(26-13-20-12-21-26)23-25(19)10-14-6-8-24(9-7-14)11-18-22-15-2-1-3-16(15)28-18/h4-5,12-14H,1-3,6-11H2. The van der Waals surface area contributed by atoms with E-state index >= 15 is 0 Å². The summed E-state index contributed by atoms with van der Waals surface area (Å²) in [6.07, 6.45) is 8.84. The Kier molecular flexibility index (Phi) is 4.77. The van der Waals surface area contributed by atoms with Gasteiger partial charge >= 0.3 is 0 Å². The van der Waals surface area contributed by atoms with Crippen LogP contribution >= 0.6 is 11.3 Å². The normalized spacial score (nSPS) is 17.9. The van der Waals surface area contributed by atoms with Crippen molar-refractivity contribution in [2.45, 2.75) is 45.2 Å². The first kappa shape index (κ1) is 17.7. The highest BCUT2D eigenvalue weighted by molar-refractivity contribution is 7.11. The van der Waals surface area contributed by atoms with Crippen molar-refractivity contribution in [2.75, 3.05) is 13.1 Å². The van der Waals surface area contributed by atoms with Crippen LogP contribution in [0.5, 0.6) is 0 Å². The molecule has 0 N–H and O–H groups in total. The minimum absolute atomic E-state index is 0.0661. The van der Waals surface area contributed by atoms with Crippen molar-refractivity contribution < 1.29 is 0 Å². The number of likely N-dealkylation sites (tertiary alicyclic amines) is 1. The second-order valence-corrected chi connectivity index (χ2v) is 8.77. The molecule has 0 saturated carbocycles. The van der Waals surface area contributed by atoms with Gasteiger partial charge in [-0.3, -0.25) is 9.69 Å². The van der Waals surface area contributed by atoms with Crippen molar-refractivity contribution in [3.8, 4) is 5.82 Å². The Morgan fingerprint density at radius 3 is 2.86 bits per heavy atom. The monoisotopic (exact) mass is 397 g/mol. The van der Waals surface area contributed by atoms with Crippen LogP contribution in [0, 0.1) is 5.92 Å². The molecule has 0 aromatic carbocycles. The molecule has 8 nitrogen and oxygen atoms in total. The van der Waals surface area contributed by atoms with E-state index in [0.29, 0.717) is 18.3 Å². The molecular weight excluding hydrogens is 374 g/mol. The second kappa shape index (κ2) is 7.56. The lowest BCUT2D eigenvalue weighted by Crippen LogP contribution is -2.36. The fraction of sp³-hybridized carbons (Fsp3) is 0.526. The van der Waals surface area contributed by atoms with Gasteiger partial charge in [0.2, 0.25) is 0 Å². The molecule has 0 amide bonds. The summed E-state index contributed by atoms with van der Waals surface area (Å²) in [7, 11) is 0. The number of aromatic nitrogens is 6. The molecule has 0 unspecified atom stereocenters. The number of thiazole rings is 1. The molecule has 1 fully saturated rings. The lowest BCUT2D eigenvalue weighted by atomic mass is 9.97. The maximum absolute atomic E-state index is 12.2. The Balaban J connectivity index is 1.19. The van der Waals surface area contributed by atoms with E-state index in [9.17, 15) is 4.79 Å². The van der Waals surface area contributed by atoms with Crippen molar-refractivity contribution in [1.29, 1.82) is 0 Å². The molecule has 3 aromatic rings. The third-order valence-corrected chi connectivity index (χ3v) is 6.79. The molecule has 3 aromatic heterocycles. The Morgan fingerprint density at radius 1 is 1.18 bits per heavy atom. The van der Waals surface area contributed by atoms with Crippen molar-refractivity contribution in [2.24, 2.45) is 5.92 Å². The summed E-state index contributed by atoms with van der Waals surface area (Å²) in [5.41, 5.74) is 1.27. The van der Waals surface area contributed by atoms with Crippen LogP contribution in [0.25, 0.3) is 5.82 Å². The molecule has 0 spiro atoms. The molecule has 2 aliphatic rings. The Hall–Kier alpha value is -2.39. The summed E-state index contributed by atoms with van der Waals surface area (Å²) < 4.78 is 3.15. The summed E-state index contributed by atoms with van der Waals surface area (Å²) in [5.74, 6) is 1.08. The average molecular weight is 398 g/mol. The second-order valence-electron chi connectivity index (χ2n) is 7.60. The summed E-state index contributed by atoms with van der Waals surface area (Å²) >= 11 is 1.90. The maximum atomic E-state index is 12.2. The molecule has 5 rings (SSSR count). The number of piperidine rings is 1. The lowest BCUT2D eigenvalue weighted by molar-refractivity contribution is 0.163. The Labute approximate surface area is 166 Å². The van der Waals surface area contributed by atoms with Gasteiger partial charge in [-0.15, -0.1) is 16.4 Å². The molecular formula is C19H23N7OS. The van der Waals surface area contributed by atoms with E-state index in [-0.39, 0.29) is 5.56 Å². The summed E-state index contributed by atoms with van der Waals surface area (Å²) in [6, 6.07) is 3.24. The van der Waals surface area contributed by atoms with E-state index in [1.807, 2.05) is 11.3 Å². The molecule has 1 saturated heterocycles. The molecule has 1 aliphatic carbocycles. The largest absolute Gasteiger partial charge is 0.297 e. The van der Waals surface area contributed by atoms with E-state index in [1.165, 1.54) is 34.7 Å². The molecule has 1 aliphatic heterocycles. The van der Waals surface area contributed by atoms with Crippen LogP contribution in [0.4, 0.5) is 0 Å². The van der Waals surface area contributed by atoms with Gasteiger partial charge in [0.1, 0.15) is 17.7 Å². The fourth-order valence-corrected chi connectivity index (χ4v) is 5.29. The van der Waals surface area contributed by atoms with Crippen LogP contribution in [-0.4, -0.2) is 47.5 Å². The smallest absolute Gasteiger partial charge is 0.266 e. The van der Waals surface area contributed by atoms with Gasteiger partial charge in [-0.1, -0.05) is 0 Å². The molecule has 146 valence electrons. The number of aryl methyl sites for hydroxylation is 2. The molecule has 4 heterocycles. The maximum Gasteiger partial charge on any atom is 0.266 e. The first-order valence-corrected chi connectivity index (χ1v) is 10.7. The molecule has 28 heavy (non-hydrogen) atoms. The Bertz CT molecular complexity index is 980. The predicted octanol–water partition coefficient (Wildman–Crippen LogP) is 1.68. The predicted molar refractivity (Wildman–Crippen MR) is 106 cm³/mol. The summed E-state index contributed by atoms with van der Waals surface area (Å²) in [4.78, 5) is 25.0. The third kappa shape index (κ3) is 3.64. The van der Waals surface area contributed by atoms with Crippen molar-refractivity contribution >= 4 is 11.3 Å². The highest BCUT2D eigenvalue weighted by atomic mass is 32.1. The van der Waals surface area contributed by atoms with Gasteiger partial charge in [0.15, 0.2) is 5.82 Å². The molecule has 9 heteroatoms. The van der Waals surface area contributed by atoms with Gasteiger partial charge in [-0.05, 0) is 57.2 Å². The van der Waals surface area contributed by atoms with Crippen LogP contribution in [0.1, 0.15) is 34.8 Å². The fourth-order valence-electron chi connectivity index (χ4n) is 4.09. The number of rotatable bonds is 5. The van der Waals surface area contributed by atoms with Gasteiger partial charge in [0, 0.05) is 17.5 Å². The van der Waals surface area contributed by atoms with Gasteiger partial charge in [-0.25, -0.2) is 19.3 Å². The number of hydrogen-bond acceptors (Lipinski definition) is 7. The summed E-state index contributed by atoms with van der Waals surface area (Å²) in [5, 5.41) is 9.82. The van der Waals surface area contributed by atoms with E-state index in [1.54, 1.807) is 27.8 Å². The molecule has 0 atom stereocenters. The summed E-state index contributed by atoms with van der Waals surface area (Å²) in [6.45, 7) is 3.71. The van der Waals surface area contributed by atoms with Crippen LogP contribution in [0.2, 0.25) is 0 Å². The van der Waals surface area contributed by atoms with E-state index in [0.717, 1.165) is 38.9 Å². The number of hydrogen-bond donors (Lipinski definition) is 0. The van der Waals surface area contributed by atoms with Crippen LogP contribution < -0.4 is 5.56 Å². The highest BCUT2D eigenvalue weighted by Crippen LogP contribution is 2.29. The molecule has 0 bridgehead atoms. The highest BCUT2D eigenvalue weighted by Gasteiger charge is 2.23. The zero-order chi connectivity index (χ0) is 18.9. The van der Waals surface area contributed by atoms with E-state index in [2.05, 4.69) is 20.1 Å². The molecule has 0 radical (unpaired) electrons. The number of fused-ring (bicyclic) bond motifs is 1. The lowest BCUT2D eigenvalue weighted by Gasteiger charge is -2.31. The van der Waals surface area contributed by atoms with E-state index < -0.39 is 0 Å². The van der Waals surface area contributed by atoms with Crippen LogP contribution in [0.3, 0.4) is 0 Å². The van der Waals surface area contributed by atoms with Crippen LogP contribution in [-0.2, 0) is 25.9 Å². The minimum atomic E-state index is -0.0661. The van der Waals surface area contributed by atoms with Gasteiger partial charge < -0.3 is 0 Å². The van der Waals surface area contributed by atoms with Gasteiger partial charge in [0.05, 0.1) is 12.2 Å². The van der Waals surface area contributed by atoms with Crippen molar-refractivity contribution in [1.82, 2.24) is 34.4 Å². The van der Waals surface area contributed by atoms with Gasteiger partial charge in [-0.2, -0.15) is 5.10 Å². The Morgan fingerprint density at radius 2 is 2.07 bits per heavy atom. The minimum Gasteiger partial charge on any atom is -0.297 e. The quantitative estimate of drug-likeness (QED) is 0.652. The van der Waals surface area contributed by atoms with Crippen molar-refractivity contribution in [3.05, 3.63) is 50.7 Å². The third-order valence-electron chi connectivity index (χ3n) is 5.64. The van der Waals surface area contributed by atoms with E-state index in [4.69, 9.17) is 4.98 Å². The zero-order valence-electron chi connectivity index (χ0n) is 15.7. The first-order chi connectivity index (χ1) is 13.7. The van der Waals surface area contributed by atoms with Gasteiger partial charge in [0.25, 0.3) is 5.56 Å². The van der Waals surface area contributed by atoms with Crippen LogP contribution in [0.15, 0.2) is 29.6 Å². The SMILES string of the molecule is O=c1ccc(-n2cncn2)nn1CC1CCN(Cc2nc3c(s2)CCC3)CC1. The topological polar surface area (TPSA) is 81.7 Å². The number of nitrogens with zero attached hydrogens (tertiary/aromatic N) is 7. The average Bonchev–Trinajstić information content (AvgIpc) is 3.43. The first-order valence-electron chi connectivity index (χ1n) is 9.87. The zero-order valence-corrected chi connectivity index (χ0v) is 16.5. The van der Waals surface area contributed by atoms with Crippen molar-refractivity contribution in [3.63, 3.8) is 0 Å².